The van der Waals surface area contributed by atoms with Crippen molar-refractivity contribution in [2.45, 2.75) is 71.9 Å². The molecule has 1 N–H and O–H groups in total. The summed E-state index contributed by atoms with van der Waals surface area (Å²) in [7, 11) is 5.50. The Bertz CT molecular complexity index is 1600. The summed E-state index contributed by atoms with van der Waals surface area (Å²) in [5, 5.41) is 2.79. The monoisotopic (exact) mass is 596 g/mol. The van der Waals surface area contributed by atoms with Crippen LogP contribution in [0.2, 0.25) is 0 Å². The van der Waals surface area contributed by atoms with Gasteiger partial charge in [0.15, 0.2) is 0 Å². The largest absolute Gasteiger partial charge is 0.491 e. The predicted molar refractivity (Wildman–Crippen MR) is 174 cm³/mol. The molecule has 9 heteroatoms. The lowest BCUT2D eigenvalue weighted by Crippen LogP contribution is -2.32. The van der Waals surface area contributed by atoms with E-state index < -0.39 is 6.09 Å². The molecule has 1 amide bonds. The molecule has 0 spiro atoms. The van der Waals surface area contributed by atoms with Crippen LogP contribution in [0.4, 0.5) is 16.3 Å². The van der Waals surface area contributed by atoms with Crippen LogP contribution in [-0.2, 0) is 30.7 Å². The summed E-state index contributed by atoms with van der Waals surface area (Å²) in [6, 6.07) is 12.9. The number of alkyl carbamates (subject to hydrolysis) is 1. The van der Waals surface area contributed by atoms with Crippen LogP contribution in [0.25, 0.3) is 11.1 Å². The van der Waals surface area contributed by atoms with E-state index in [1.165, 1.54) is 23.9 Å². The van der Waals surface area contributed by atoms with E-state index in [1.807, 2.05) is 0 Å². The molecule has 2 aromatic carbocycles. The van der Waals surface area contributed by atoms with Gasteiger partial charge >= 0.3 is 6.09 Å². The van der Waals surface area contributed by atoms with Crippen molar-refractivity contribution >= 4 is 23.4 Å². The van der Waals surface area contributed by atoms with Gasteiger partial charge in [0.1, 0.15) is 29.8 Å². The molecule has 2 aliphatic heterocycles. The van der Waals surface area contributed by atoms with Gasteiger partial charge in [-0.15, -0.1) is 0 Å². The molecular formula is C35H44N6O3. The number of benzene rings is 2. The molecule has 1 unspecified atom stereocenters. The molecule has 0 fully saturated rings. The Morgan fingerprint density at radius 3 is 2.73 bits per heavy atom. The van der Waals surface area contributed by atoms with Gasteiger partial charge in [-0.1, -0.05) is 39.0 Å². The van der Waals surface area contributed by atoms with Crippen molar-refractivity contribution < 1.29 is 14.3 Å². The van der Waals surface area contributed by atoms with Gasteiger partial charge in [0.2, 0.25) is 0 Å². The van der Waals surface area contributed by atoms with E-state index in [9.17, 15) is 4.79 Å². The van der Waals surface area contributed by atoms with Crippen LogP contribution in [0.5, 0.6) is 5.75 Å². The van der Waals surface area contributed by atoms with Crippen molar-refractivity contribution in [1.82, 2.24) is 20.2 Å². The van der Waals surface area contributed by atoms with Crippen LogP contribution >= 0.6 is 0 Å². The van der Waals surface area contributed by atoms with Crippen molar-refractivity contribution in [3.05, 3.63) is 64.6 Å². The maximum Gasteiger partial charge on any atom is 0.412 e. The third-order valence-corrected chi connectivity index (χ3v) is 9.00. The Hall–Kier alpha value is -3.98. The first-order chi connectivity index (χ1) is 21.1. The van der Waals surface area contributed by atoms with Crippen molar-refractivity contribution in [1.29, 1.82) is 0 Å². The molecular weight excluding hydrogens is 552 g/mol. The number of amidine groups is 1. The highest BCUT2D eigenvalue weighted by molar-refractivity contribution is 5.97. The van der Waals surface area contributed by atoms with E-state index in [-0.39, 0.29) is 5.41 Å². The quantitative estimate of drug-likeness (QED) is 0.373. The highest BCUT2D eigenvalue weighted by Gasteiger charge is 2.32. The first-order valence-corrected chi connectivity index (χ1v) is 15.7. The molecule has 0 saturated heterocycles. The number of carbonyl (C=O) groups is 1. The molecule has 3 heterocycles. The zero-order valence-corrected chi connectivity index (χ0v) is 26.9. The first kappa shape index (κ1) is 30.1. The number of carbonyl (C=O) groups excluding carboxylic acids is 1. The summed E-state index contributed by atoms with van der Waals surface area (Å²) in [6.07, 6.45) is 4.20. The summed E-state index contributed by atoms with van der Waals surface area (Å²) in [5.41, 5.74) is 8.09. The van der Waals surface area contributed by atoms with E-state index >= 15 is 0 Å². The van der Waals surface area contributed by atoms with Gasteiger partial charge in [0, 0.05) is 29.8 Å². The Morgan fingerprint density at radius 1 is 1.14 bits per heavy atom. The Morgan fingerprint density at radius 2 is 1.93 bits per heavy atom. The van der Waals surface area contributed by atoms with E-state index in [0.29, 0.717) is 37.9 Å². The highest BCUT2D eigenvalue weighted by atomic mass is 16.5. The predicted octanol–water partition coefficient (Wildman–Crippen LogP) is 6.40. The van der Waals surface area contributed by atoms with Crippen molar-refractivity contribution in [3.63, 3.8) is 0 Å². The van der Waals surface area contributed by atoms with Crippen LogP contribution in [-0.4, -0.2) is 61.2 Å². The fraction of sp³-hybridized carbons (Fsp3) is 0.486. The minimum absolute atomic E-state index is 0.221. The third-order valence-electron chi connectivity index (χ3n) is 9.00. The van der Waals surface area contributed by atoms with E-state index in [0.717, 1.165) is 72.0 Å². The number of hydrogen-bond acceptors (Lipinski definition) is 8. The van der Waals surface area contributed by atoms with Gasteiger partial charge in [-0.3, -0.25) is 5.32 Å². The average molecular weight is 597 g/mol. The lowest BCUT2D eigenvalue weighted by Gasteiger charge is -2.34. The number of nitrogens with zero attached hydrogens (tertiary/aromatic N) is 5. The molecule has 1 aromatic heterocycles. The Labute approximate surface area is 260 Å². The fourth-order valence-electron chi connectivity index (χ4n) is 6.55. The molecule has 6 rings (SSSR count). The van der Waals surface area contributed by atoms with Crippen LogP contribution in [0, 0.1) is 5.41 Å². The maximum absolute atomic E-state index is 11.9. The molecule has 1 atom stereocenters. The number of methoxy groups -OCH3 is 1. The second kappa shape index (κ2) is 12.2. The number of fused-ring (bicyclic) bond motifs is 3. The molecule has 0 radical (unpaired) electrons. The van der Waals surface area contributed by atoms with Crippen molar-refractivity contribution in [3.8, 4) is 16.9 Å². The normalized spacial score (nSPS) is 19.0. The molecule has 1 aliphatic carbocycles. The lowest BCUT2D eigenvalue weighted by molar-refractivity contribution is 0.176. The summed E-state index contributed by atoms with van der Waals surface area (Å²) < 4.78 is 11.1. The number of anilines is 1. The molecule has 9 nitrogen and oxygen atoms in total. The van der Waals surface area contributed by atoms with Gasteiger partial charge in [-0.05, 0) is 86.0 Å². The summed E-state index contributed by atoms with van der Waals surface area (Å²) in [4.78, 5) is 31.5. The highest BCUT2D eigenvalue weighted by Crippen LogP contribution is 2.40. The van der Waals surface area contributed by atoms with Crippen LogP contribution in [0.1, 0.15) is 74.2 Å². The second-order valence-corrected chi connectivity index (χ2v) is 13.4. The molecule has 44 heavy (non-hydrogen) atoms. The minimum atomic E-state index is -0.492. The molecule has 3 aliphatic rings. The van der Waals surface area contributed by atoms with E-state index in [2.05, 4.69) is 86.4 Å². The first-order valence-electron chi connectivity index (χ1n) is 15.7. The van der Waals surface area contributed by atoms with Crippen LogP contribution in [0.3, 0.4) is 0 Å². The average Bonchev–Trinajstić information content (AvgIpc) is 3.29. The second-order valence-electron chi connectivity index (χ2n) is 13.4. The SMILES string of the molecule is COC(=O)NC1=Nc2cc(-c3ccc4c(c3)CN(c3nc(CN(C)C)nc5c3CC(C)(C)CC5)CCO4)ccc2C(C)CC1. The molecule has 232 valence electrons. The number of aliphatic imine (C=N–C) groups is 1. The topological polar surface area (TPSA) is 92.2 Å². The van der Waals surface area contributed by atoms with Crippen molar-refractivity contribution in [2.75, 3.05) is 39.3 Å². The molecule has 0 bridgehead atoms. The minimum Gasteiger partial charge on any atom is -0.491 e. The third kappa shape index (κ3) is 6.43. The van der Waals surface area contributed by atoms with Gasteiger partial charge in [0.25, 0.3) is 0 Å². The number of ether oxygens (including phenoxy) is 2. The van der Waals surface area contributed by atoms with Crippen LogP contribution < -0.4 is 15.0 Å². The molecule has 0 saturated carbocycles. The zero-order valence-electron chi connectivity index (χ0n) is 26.9. The number of rotatable bonds is 4. The standard InChI is InChI=1S/C35H44N6O3/c1-22-7-12-31(39-34(42)43-6)37-29-18-24(8-10-26(22)29)23-9-11-30-25(17-23)20-41(15-16-44-30)33-27-19-35(2,3)14-13-28(27)36-32(38-33)21-40(4)5/h8-11,17-18,22H,7,12-16,19-21H2,1-6H3,(H,37,39,42). The van der Waals surface area contributed by atoms with E-state index in [1.54, 1.807) is 0 Å². The number of aromatic nitrogens is 2. The van der Waals surface area contributed by atoms with Crippen molar-refractivity contribution in [2.24, 2.45) is 10.4 Å². The number of hydrogen-bond donors (Lipinski definition) is 1. The number of nitrogens with one attached hydrogen (secondary N) is 1. The van der Waals surface area contributed by atoms with Gasteiger partial charge < -0.3 is 19.3 Å². The summed E-state index contributed by atoms with van der Waals surface area (Å²) >= 11 is 0. The summed E-state index contributed by atoms with van der Waals surface area (Å²) in [6.45, 7) is 9.68. The Balaban J connectivity index is 1.35. The fourth-order valence-corrected chi connectivity index (χ4v) is 6.55. The van der Waals surface area contributed by atoms with Gasteiger partial charge in [0.05, 0.1) is 25.9 Å². The Kier molecular flexibility index (Phi) is 8.33. The molecule has 3 aromatic rings. The number of amides is 1. The maximum atomic E-state index is 11.9. The van der Waals surface area contributed by atoms with Gasteiger partial charge in [-0.2, -0.15) is 0 Å². The van der Waals surface area contributed by atoms with Gasteiger partial charge in [-0.25, -0.2) is 19.8 Å². The summed E-state index contributed by atoms with van der Waals surface area (Å²) in [5.74, 6) is 3.81. The van der Waals surface area contributed by atoms with Crippen LogP contribution in [0.15, 0.2) is 41.4 Å². The zero-order chi connectivity index (χ0) is 31.0. The van der Waals surface area contributed by atoms with E-state index in [4.69, 9.17) is 24.4 Å². The number of aryl methyl sites for hydroxylation is 1. The lowest BCUT2D eigenvalue weighted by atomic mass is 9.76. The smallest absolute Gasteiger partial charge is 0.412 e.